The van der Waals surface area contributed by atoms with Gasteiger partial charge in [-0.2, -0.15) is 0 Å². The van der Waals surface area contributed by atoms with Crippen molar-refractivity contribution < 1.29 is 14.4 Å². The van der Waals surface area contributed by atoms with Gasteiger partial charge in [0.25, 0.3) is 0 Å². The molecule has 1 aromatic carbocycles. The Balaban J connectivity index is 2.37. The van der Waals surface area contributed by atoms with Gasteiger partial charge in [-0.05, 0) is 19.1 Å². The van der Waals surface area contributed by atoms with Crippen molar-refractivity contribution >= 4 is 23.4 Å². The zero-order chi connectivity index (χ0) is 15.8. The normalized spacial score (nSPS) is 9.86. The first-order valence-electron chi connectivity index (χ1n) is 6.73. The van der Waals surface area contributed by atoms with Gasteiger partial charge in [-0.3, -0.25) is 14.4 Å². The molecule has 0 spiro atoms. The average Bonchev–Trinajstić information content (AvgIpc) is 2.40. The van der Waals surface area contributed by atoms with Crippen molar-refractivity contribution in [2.45, 2.75) is 20.3 Å². The van der Waals surface area contributed by atoms with Crippen molar-refractivity contribution in [3.63, 3.8) is 0 Å². The summed E-state index contributed by atoms with van der Waals surface area (Å²) in [5, 5.41) is 5.27. The molecule has 0 unspecified atom stereocenters. The molecule has 6 nitrogen and oxygen atoms in total. The highest BCUT2D eigenvalue weighted by Crippen LogP contribution is 2.08. The Bertz CT molecular complexity index is 511. The maximum absolute atomic E-state index is 11.8. The van der Waals surface area contributed by atoms with Crippen LogP contribution in [0.5, 0.6) is 0 Å². The van der Waals surface area contributed by atoms with Crippen LogP contribution in [0.25, 0.3) is 0 Å². The number of rotatable bonds is 6. The Kier molecular flexibility index (Phi) is 6.39. The van der Waals surface area contributed by atoms with E-state index in [1.165, 1.54) is 11.8 Å². The minimum atomic E-state index is -0.255. The minimum absolute atomic E-state index is 0.0211. The van der Waals surface area contributed by atoms with Gasteiger partial charge in [0.1, 0.15) is 0 Å². The lowest BCUT2D eigenvalue weighted by atomic mass is 10.2. The van der Waals surface area contributed by atoms with Crippen molar-refractivity contribution in [1.29, 1.82) is 0 Å². The third-order valence-corrected chi connectivity index (χ3v) is 2.85. The summed E-state index contributed by atoms with van der Waals surface area (Å²) in [5.74, 6) is -0.625. The highest BCUT2D eigenvalue weighted by molar-refractivity contribution is 5.94. The first-order chi connectivity index (χ1) is 9.88. The number of likely N-dealkylation sites (N-methyl/N-ethyl adjacent to an activating group) is 1. The Labute approximate surface area is 124 Å². The van der Waals surface area contributed by atoms with Crippen LogP contribution < -0.4 is 10.6 Å². The molecular weight excluding hydrogens is 270 g/mol. The Morgan fingerprint density at radius 2 is 1.76 bits per heavy atom. The van der Waals surface area contributed by atoms with E-state index < -0.39 is 0 Å². The number of amides is 3. The van der Waals surface area contributed by atoms with Gasteiger partial charge >= 0.3 is 0 Å². The largest absolute Gasteiger partial charge is 0.356 e. The molecule has 21 heavy (non-hydrogen) atoms. The van der Waals surface area contributed by atoms with Crippen LogP contribution in [0.3, 0.4) is 0 Å². The van der Waals surface area contributed by atoms with E-state index in [-0.39, 0.29) is 37.2 Å². The summed E-state index contributed by atoms with van der Waals surface area (Å²) in [6, 6.07) is 7.42. The van der Waals surface area contributed by atoms with E-state index in [1.54, 1.807) is 7.05 Å². The third-order valence-electron chi connectivity index (χ3n) is 2.85. The molecule has 0 heterocycles. The molecule has 0 atom stereocenters. The molecule has 0 saturated heterocycles. The molecule has 0 aromatic heterocycles. The van der Waals surface area contributed by atoms with Crippen LogP contribution in [0.4, 0.5) is 5.69 Å². The van der Waals surface area contributed by atoms with Crippen molar-refractivity contribution in [3.8, 4) is 0 Å². The lowest BCUT2D eigenvalue weighted by Crippen LogP contribution is -2.36. The number of benzene rings is 1. The Hall–Kier alpha value is -2.37. The van der Waals surface area contributed by atoms with Gasteiger partial charge in [0.15, 0.2) is 0 Å². The van der Waals surface area contributed by atoms with Crippen LogP contribution in [0.15, 0.2) is 24.3 Å². The summed E-state index contributed by atoms with van der Waals surface area (Å²) in [6.07, 6.45) is 0.174. The summed E-state index contributed by atoms with van der Waals surface area (Å²) in [6.45, 7) is 3.61. The number of aryl methyl sites for hydroxylation is 1. The summed E-state index contributed by atoms with van der Waals surface area (Å²) < 4.78 is 0. The number of anilines is 1. The molecule has 0 fully saturated rings. The standard InChI is InChI=1S/C15H21N3O3/c1-11-4-6-13(7-5-11)17-14(20)10-18(3)15(21)8-9-16-12(2)19/h4-7H,8-10H2,1-3H3,(H,16,19)(H,17,20). The third kappa shape index (κ3) is 6.56. The maximum atomic E-state index is 11.8. The van der Waals surface area contributed by atoms with E-state index in [0.717, 1.165) is 5.56 Å². The average molecular weight is 291 g/mol. The van der Waals surface area contributed by atoms with E-state index in [4.69, 9.17) is 0 Å². The second-order valence-corrected chi connectivity index (χ2v) is 4.90. The van der Waals surface area contributed by atoms with Crippen LogP contribution in [-0.2, 0) is 14.4 Å². The molecule has 2 N–H and O–H groups in total. The number of hydrogen-bond donors (Lipinski definition) is 2. The zero-order valence-electron chi connectivity index (χ0n) is 12.6. The SMILES string of the molecule is CC(=O)NCCC(=O)N(C)CC(=O)Nc1ccc(C)cc1. The number of nitrogens with zero attached hydrogens (tertiary/aromatic N) is 1. The molecule has 114 valence electrons. The first-order valence-corrected chi connectivity index (χ1v) is 6.73. The van der Waals surface area contributed by atoms with E-state index >= 15 is 0 Å². The van der Waals surface area contributed by atoms with Crippen LogP contribution in [0.1, 0.15) is 18.9 Å². The van der Waals surface area contributed by atoms with Crippen molar-refractivity contribution in [3.05, 3.63) is 29.8 Å². The van der Waals surface area contributed by atoms with Crippen molar-refractivity contribution in [2.75, 3.05) is 25.5 Å². The number of hydrogen-bond acceptors (Lipinski definition) is 3. The monoisotopic (exact) mass is 291 g/mol. The van der Waals surface area contributed by atoms with Gasteiger partial charge in [0.2, 0.25) is 17.7 Å². The number of carbonyl (C=O) groups is 3. The molecule has 3 amide bonds. The second kappa shape index (κ2) is 8.04. The maximum Gasteiger partial charge on any atom is 0.243 e. The fourth-order valence-corrected chi connectivity index (χ4v) is 1.68. The van der Waals surface area contributed by atoms with Gasteiger partial charge in [-0.15, -0.1) is 0 Å². The van der Waals surface area contributed by atoms with Crippen LogP contribution in [0.2, 0.25) is 0 Å². The molecule has 1 rings (SSSR count). The lowest BCUT2D eigenvalue weighted by Gasteiger charge is -2.17. The van der Waals surface area contributed by atoms with Crippen molar-refractivity contribution in [2.24, 2.45) is 0 Å². The predicted octanol–water partition coefficient (Wildman–Crippen LogP) is 0.918. The van der Waals surface area contributed by atoms with E-state index in [2.05, 4.69) is 10.6 Å². The summed E-state index contributed by atoms with van der Waals surface area (Å²) >= 11 is 0. The van der Waals surface area contributed by atoms with E-state index in [1.807, 2.05) is 31.2 Å². The fraction of sp³-hybridized carbons (Fsp3) is 0.400. The summed E-state index contributed by atoms with van der Waals surface area (Å²) in [4.78, 5) is 35.6. The van der Waals surface area contributed by atoms with E-state index in [0.29, 0.717) is 5.69 Å². The van der Waals surface area contributed by atoms with Crippen LogP contribution >= 0.6 is 0 Å². The van der Waals surface area contributed by atoms with Gasteiger partial charge in [0.05, 0.1) is 6.54 Å². The first kappa shape index (κ1) is 16.7. The Morgan fingerprint density at radius 1 is 1.14 bits per heavy atom. The topological polar surface area (TPSA) is 78.5 Å². The van der Waals surface area contributed by atoms with Crippen LogP contribution in [-0.4, -0.2) is 42.8 Å². The molecule has 0 radical (unpaired) electrons. The second-order valence-electron chi connectivity index (χ2n) is 4.90. The molecule has 0 aliphatic heterocycles. The summed E-state index contributed by atoms with van der Waals surface area (Å²) in [7, 11) is 1.56. The molecule has 0 saturated carbocycles. The summed E-state index contributed by atoms with van der Waals surface area (Å²) in [5.41, 5.74) is 1.81. The molecule has 0 aliphatic rings. The van der Waals surface area contributed by atoms with Crippen molar-refractivity contribution in [1.82, 2.24) is 10.2 Å². The van der Waals surface area contributed by atoms with Gasteiger partial charge in [-0.25, -0.2) is 0 Å². The van der Waals surface area contributed by atoms with Gasteiger partial charge < -0.3 is 15.5 Å². The smallest absolute Gasteiger partial charge is 0.243 e. The minimum Gasteiger partial charge on any atom is -0.356 e. The quantitative estimate of drug-likeness (QED) is 0.818. The molecular formula is C15H21N3O3. The number of nitrogens with one attached hydrogen (secondary N) is 2. The molecule has 0 aliphatic carbocycles. The van der Waals surface area contributed by atoms with Crippen LogP contribution in [0, 0.1) is 6.92 Å². The number of carbonyl (C=O) groups excluding carboxylic acids is 3. The predicted molar refractivity (Wildman–Crippen MR) is 80.7 cm³/mol. The highest BCUT2D eigenvalue weighted by atomic mass is 16.2. The highest BCUT2D eigenvalue weighted by Gasteiger charge is 2.12. The Morgan fingerprint density at radius 3 is 2.33 bits per heavy atom. The zero-order valence-corrected chi connectivity index (χ0v) is 12.6. The van der Waals surface area contributed by atoms with E-state index in [9.17, 15) is 14.4 Å². The fourth-order valence-electron chi connectivity index (χ4n) is 1.68. The lowest BCUT2D eigenvalue weighted by molar-refractivity contribution is -0.133. The molecule has 0 bridgehead atoms. The molecule has 6 heteroatoms. The molecule has 1 aromatic rings. The van der Waals surface area contributed by atoms with Gasteiger partial charge in [-0.1, -0.05) is 17.7 Å². The van der Waals surface area contributed by atoms with Gasteiger partial charge in [0, 0.05) is 32.6 Å².